The van der Waals surface area contributed by atoms with Crippen LogP contribution in [0.2, 0.25) is 0 Å². The standard InChI is InChI=1S/C29H28F3NO3/c1-18(2)21-10-13-27(35-4)25(16-21)24-12-11-23(29(30,31)32)15-22(24)17-33-26(19(3)36-28(33)34)14-20-8-6-5-7-9-20/h5-13,15-16,18,26H,3,14,17H2,1-2,4H3/t26-/m0/s1. The molecule has 1 aliphatic rings. The number of benzene rings is 3. The highest BCUT2D eigenvalue weighted by molar-refractivity contribution is 5.77. The van der Waals surface area contributed by atoms with Crippen LogP contribution in [-0.4, -0.2) is 24.1 Å². The molecule has 4 nitrogen and oxygen atoms in total. The van der Waals surface area contributed by atoms with Crippen LogP contribution in [0.25, 0.3) is 11.1 Å². The summed E-state index contributed by atoms with van der Waals surface area (Å²) in [7, 11) is 1.52. The number of hydrogen-bond acceptors (Lipinski definition) is 3. The third kappa shape index (κ3) is 5.25. The van der Waals surface area contributed by atoms with E-state index in [1.54, 1.807) is 0 Å². The Hall–Kier alpha value is -3.74. The van der Waals surface area contributed by atoms with E-state index in [-0.39, 0.29) is 18.2 Å². The number of rotatable bonds is 7. The number of nitrogens with zero attached hydrogens (tertiary/aromatic N) is 1. The number of cyclic esters (lactones) is 1. The molecular weight excluding hydrogens is 467 g/mol. The van der Waals surface area contributed by atoms with E-state index in [9.17, 15) is 18.0 Å². The first-order valence-electron chi connectivity index (χ1n) is 11.7. The van der Waals surface area contributed by atoms with Gasteiger partial charge in [0.1, 0.15) is 11.5 Å². The summed E-state index contributed by atoms with van der Waals surface area (Å²) in [4.78, 5) is 14.2. The molecule has 0 saturated carbocycles. The van der Waals surface area contributed by atoms with Crippen LogP contribution in [0, 0.1) is 0 Å². The summed E-state index contributed by atoms with van der Waals surface area (Å²) in [6, 6.07) is 18.3. The van der Waals surface area contributed by atoms with Gasteiger partial charge in [0.05, 0.1) is 25.3 Å². The number of carbonyl (C=O) groups excluding carboxylic acids is 1. The fourth-order valence-corrected chi connectivity index (χ4v) is 4.42. The van der Waals surface area contributed by atoms with Gasteiger partial charge in [-0.2, -0.15) is 13.2 Å². The molecule has 0 radical (unpaired) electrons. The molecule has 1 aliphatic heterocycles. The van der Waals surface area contributed by atoms with Crippen molar-refractivity contribution in [2.75, 3.05) is 7.11 Å². The topological polar surface area (TPSA) is 38.8 Å². The minimum absolute atomic E-state index is 0.0797. The third-order valence-electron chi connectivity index (χ3n) is 6.43. The number of hydrogen-bond donors (Lipinski definition) is 0. The molecule has 36 heavy (non-hydrogen) atoms. The summed E-state index contributed by atoms with van der Waals surface area (Å²) in [5.41, 5.74) is 2.76. The van der Waals surface area contributed by atoms with Gasteiger partial charge in [-0.1, -0.05) is 62.9 Å². The lowest BCUT2D eigenvalue weighted by Gasteiger charge is -2.24. The summed E-state index contributed by atoms with van der Waals surface area (Å²) in [5.74, 6) is 1.02. The summed E-state index contributed by atoms with van der Waals surface area (Å²) < 4.78 is 51.9. The smallest absolute Gasteiger partial charge is 0.416 e. The van der Waals surface area contributed by atoms with Crippen LogP contribution >= 0.6 is 0 Å². The Balaban J connectivity index is 1.80. The minimum Gasteiger partial charge on any atom is -0.496 e. The van der Waals surface area contributed by atoms with Crippen molar-refractivity contribution >= 4 is 6.09 Å². The quantitative estimate of drug-likeness (QED) is 0.339. The molecule has 7 heteroatoms. The third-order valence-corrected chi connectivity index (χ3v) is 6.43. The molecule has 0 aliphatic carbocycles. The van der Waals surface area contributed by atoms with Gasteiger partial charge < -0.3 is 9.47 Å². The minimum atomic E-state index is -4.53. The summed E-state index contributed by atoms with van der Waals surface area (Å²) >= 11 is 0. The average molecular weight is 496 g/mol. The van der Waals surface area contributed by atoms with E-state index in [0.29, 0.717) is 28.9 Å². The maximum atomic E-state index is 13.7. The van der Waals surface area contributed by atoms with Gasteiger partial charge in [-0.05, 0) is 52.4 Å². The second-order valence-electron chi connectivity index (χ2n) is 9.15. The van der Waals surface area contributed by atoms with Gasteiger partial charge in [0.2, 0.25) is 0 Å². The van der Waals surface area contributed by atoms with Gasteiger partial charge in [0, 0.05) is 12.0 Å². The fraction of sp³-hybridized carbons (Fsp3) is 0.276. The van der Waals surface area contributed by atoms with Crippen molar-refractivity contribution in [3.63, 3.8) is 0 Å². The van der Waals surface area contributed by atoms with Crippen molar-refractivity contribution in [1.82, 2.24) is 4.90 Å². The van der Waals surface area contributed by atoms with Crippen LogP contribution in [0.1, 0.15) is 42.0 Å². The number of methoxy groups -OCH3 is 1. The Bertz CT molecular complexity index is 1270. The van der Waals surface area contributed by atoms with Gasteiger partial charge in [0.15, 0.2) is 0 Å². The first-order chi connectivity index (χ1) is 17.1. The van der Waals surface area contributed by atoms with Crippen LogP contribution < -0.4 is 4.74 Å². The maximum Gasteiger partial charge on any atom is 0.416 e. The Labute approximate surface area is 209 Å². The lowest BCUT2D eigenvalue weighted by Crippen LogP contribution is -2.34. The SMILES string of the molecule is C=C1OC(=O)N(Cc2cc(C(F)(F)F)ccc2-c2cc(C(C)C)ccc2OC)[C@H]1Cc1ccccc1. The molecule has 0 bridgehead atoms. The molecular formula is C29H28F3NO3. The molecule has 3 aromatic carbocycles. The molecule has 0 spiro atoms. The zero-order valence-electron chi connectivity index (χ0n) is 20.4. The Kier molecular flexibility index (Phi) is 7.11. The van der Waals surface area contributed by atoms with E-state index in [4.69, 9.17) is 9.47 Å². The molecule has 3 aromatic rings. The Morgan fingerprint density at radius 2 is 1.75 bits per heavy atom. The molecule has 0 N–H and O–H groups in total. The highest BCUT2D eigenvalue weighted by atomic mass is 19.4. The monoisotopic (exact) mass is 495 g/mol. The van der Waals surface area contributed by atoms with Gasteiger partial charge in [-0.25, -0.2) is 4.79 Å². The lowest BCUT2D eigenvalue weighted by atomic mass is 9.92. The summed E-state index contributed by atoms with van der Waals surface area (Å²) in [6.07, 6.45) is -4.73. The largest absolute Gasteiger partial charge is 0.496 e. The fourth-order valence-electron chi connectivity index (χ4n) is 4.42. The molecule has 4 rings (SSSR count). The van der Waals surface area contributed by atoms with Crippen LogP contribution in [0.5, 0.6) is 5.75 Å². The van der Waals surface area contributed by atoms with E-state index in [1.807, 2.05) is 62.4 Å². The average Bonchev–Trinajstić information content (AvgIpc) is 3.10. The first kappa shape index (κ1) is 25.4. The van der Waals surface area contributed by atoms with Crippen molar-refractivity contribution in [1.29, 1.82) is 0 Å². The molecule has 1 atom stereocenters. The van der Waals surface area contributed by atoms with Gasteiger partial charge in [-0.15, -0.1) is 0 Å². The Morgan fingerprint density at radius 3 is 2.39 bits per heavy atom. The number of ether oxygens (including phenoxy) is 2. The van der Waals surface area contributed by atoms with Crippen molar-refractivity contribution in [2.45, 2.75) is 44.9 Å². The van der Waals surface area contributed by atoms with E-state index >= 15 is 0 Å². The van der Waals surface area contributed by atoms with Crippen LogP contribution in [0.15, 0.2) is 79.1 Å². The van der Waals surface area contributed by atoms with Crippen molar-refractivity contribution in [2.24, 2.45) is 0 Å². The number of carbonyl (C=O) groups is 1. The van der Waals surface area contributed by atoms with Crippen molar-refractivity contribution in [3.05, 3.63) is 101 Å². The molecule has 1 fully saturated rings. The predicted octanol–water partition coefficient (Wildman–Crippen LogP) is 7.58. The van der Waals surface area contributed by atoms with E-state index < -0.39 is 23.9 Å². The molecule has 0 unspecified atom stereocenters. The highest BCUT2D eigenvalue weighted by Gasteiger charge is 2.38. The van der Waals surface area contributed by atoms with Crippen molar-refractivity contribution in [3.8, 4) is 16.9 Å². The lowest BCUT2D eigenvalue weighted by molar-refractivity contribution is -0.137. The van der Waals surface area contributed by atoms with E-state index in [0.717, 1.165) is 23.3 Å². The number of alkyl halides is 3. The second-order valence-corrected chi connectivity index (χ2v) is 9.15. The molecule has 0 aromatic heterocycles. The highest BCUT2D eigenvalue weighted by Crippen LogP contribution is 2.39. The van der Waals surface area contributed by atoms with E-state index in [2.05, 4.69) is 6.58 Å². The normalized spacial score (nSPS) is 16.0. The van der Waals surface area contributed by atoms with Gasteiger partial charge in [-0.3, -0.25) is 4.90 Å². The number of amides is 1. The predicted molar refractivity (Wildman–Crippen MR) is 133 cm³/mol. The van der Waals surface area contributed by atoms with E-state index in [1.165, 1.54) is 18.1 Å². The number of halogens is 3. The summed E-state index contributed by atoms with van der Waals surface area (Å²) in [6.45, 7) is 7.89. The van der Waals surface area contributed by atoms with Gasteiger partial charge in [0.25, 0.3) is 0 Å². The Morgan fingerprint density at radius 1 is 1.03 bits per heavy atom. The second kappa shape index (κ2) is 10.1. The zero-order chi connectivity index (χ0) is 26.0. The maximum absolute atomic E-state index is 13.7. The zero-order valence-corrected chi connectivity index (χ0v) is 20.4. The molecule has 1 saturated heterocycles. The molecule has 1 heterocycles. The van der Waals surface area contributed by atoms with Crippen molar-refractivity contribution < 1.29 is 27.4 Å². The molecule has 1 amide bonds. The summed E-state index contributed by atoms with van der Waals surface area (Å²) in [5, 5.41) is 0. The first-order valence-corrected chi connectivity index (χ1v) is 11.7. The molecule has 188 valence electrons. The van der Waals surface area contributed by atoms with Crippen LogP contribution in [-0.2, 0) is 23.9 Å². The van der Waals surface area contributed by atoms with Crippen LogP contribution in [0.4, 0.5) is 18.0 Å². The van der Waals surface area contributed by atoms with Gasteiger partial charge >= 0.3 is 12.3 Å². The van der Waals surface area contributed by atoms with Crippen LogP contribution in [0.3, 0.4) is 0 Å².